The van der Waals surface area contributed by atoms with Crippen LogP contribution in [-0.4, -0.2) is 79.8 Å². The number of morpholine rings is 1. The molecule has 2 saturated heterocycles. The Balaban J connectivity index is 1.31. The van der Waals surface area contributed by atoms with Crippen LogP contribution in [0.15, 0.2) is 47.9 Å². The maximum Gasteiger partial charge on any atom is 0.165 e. The van der Waals surface area contributed by atoms with Gasteiger partial charge in [0, 0.05) is 79.4 Å². The van der Waals surface area contributed by atoms with E-state index in [0.717, 1.165) is 79.0 Å². The Hall–Kier alpha value is -3.27. The van der Waals surface area contributed by atoms with Gasteiger partial charge in [0.1, 0.15) is 11.8 Å². The molecule has 4 heterocycles. The molecule has 0 amide bonds. The highest BCUT2D eigenvalue weighted by molar-refractivity contribution is 6.10. The molecule has 36 heavy (non-hydrogen) atoms. The summed E-state index contributed by atoms with van der Waals surface area (Å²) in [7, 11) is 0. The van der Waals surface area contributed by atoms with Crippen LogP contribution < -0.4 is 10.5 Å². The maximum absolute atomic E-state index is 14.9. The molecule has 8 nitrogen and oxygen atoms in total. The minimum absolute atomic E-state index is 0.0176. The van der Waals surface area contributed by atoms with E-state index in [2.05, 4.69) is 19.9 Å². The van der Waals surface area contributed by atoms with Crippen molar-refractivity contribution in [1.82, 2.24) is 14.9 Å². The fraction of sp³-hybridized carbons (Fsp3) is 0.407. The monoisotopic (exact) mass is 493 g/mol. The van der Waals surface area contributed by atoms with Crippen molar-refractivity contribution in [2.75, 3.05) is 52.6 Å². The first-order valence-corrected chi connectivity index (χ1v) is 12.4. The number of H-pyrrole nitrogens is 1. The summed E-state index contributed by atoms with van der Waals surface area (Å²) in [6.45, 7) is 6.29. The fourth-order valence-electron chi connectivity index (χ4n) is 4.54. The molecule has 3 N–H and O–H groups in total. The number of hydrogen-bond acceptors (Lipinski definition) is 7. The van der Waals surface area contributed by atoms with Gasteiger partial charge in [0.25, 0.3) is 0 Å². The Bertz CT molecular complexity index is 1230. The molecule has 1 aromatic carbocycles. The highest BCUT2D eigenvalue weighted by Crippen LogP contribution is 2.32. The summed E-state index contributed by atoms with van der Waals surface area (Å²) in [4.78, 5) is 14.6. The van der Waals surface area contributed by atoms with Crippen molar-refractivity contribution in [3.63, 3.8) is 0 Å². The van der Waals surface area contributed by atoms with Crippen LogP contribution in [0.1, 0.15) is 18.4 Å². The number of aromatic amines is 1. The van der Waals surface area contributed by atoms with Gasteiger partial charge in [-0.15, -0.1) is 0 Å². The number of ether oxygens (including phenoxy) is 3. The number of nitrogens with zero attached hydrogens (tertiary/aromatic N) is 3. The van der Waals surface area contributed by atoms with E-state index in [1.807, 2.05) is 18.3 Å². The number of nitrogens with two attached hydrogens (primary N) is 1. The first kappa shape index (κ1) is 24.4. The summed E-state index contributed by atoms with van der Waals surface area (Å²) in [5.41, 5.74) is 9.88. The molecule has 0 spiro atoms. The standard InChI is InChI=1S/C27H32FN5O3/c28-25-14-19(1-2-26(25)36-22-3-9-34-10-4-22)24-18-32-27-23(24)13-20(17-31-27)21(15-29)16-30-5-6-33-7-11-35-12-8-33/h1-2,13-18,22H,3-12,29H2,(H,31,32). The lowest BCUT2D eigenvalue weighted by Gasteiger charge is -2.25. The topological polar surface area (TPSA) is 98.0 Å². The van der Waals surface area contributed by atoms with Gasteiger partial charge in [0.2, 0.25) is 0 Å². The van der Waals surface area contributed by atoms with Gasteiger partial charge < -0.3 is 24.9 Å². The normalized spacial score (nSPS) is 18.3. The van der Waals surface area contributed by atoms with Crippen molar-refractivity contribution in [1.29, 1.82) is 0 Å². The minimum atomic E-state index is -0.382. The molecule has 2 aromatic heterocycles. The molecule has 190 valence electrons. The van der Waals surface area contributed by atoms with Crippen LogP contribution in [0.25, 0.3) is 27.7 Å². The van der Waals surface area contributed by atoms with Crippen LogP contribution >= 0.6 is 0 Å². The van der Waals surface area contributed by atoms with E-state index >= 15 is 0 Å². The lowest BCUT2D eigenvalue weighted by Crippen LogP contribution is -2.37. The van der Waals surface area contributed by atoms with Crippen LogP contribution in [0.2, 0.25) is 0 Å². The van der Waals surface area contributed by atoms with Crippen LogP contribution in [-0.2, 0) is 9.47 Å². The molecule has 2 aliphatic rings. The Morgan fingerprint density at radius 2 is 2.00 bits per heavy atom. The first-order valence-electron chi connectivity index (χ1n) is 12.4. The summed E-state index contributed by atoms with van der Waals surface area (Å²) in [5, 5.41) is 0.881. The number of pyridine rings is 1. The van der Waals surface area contributed by atoms with Gasteiger partial charge in [0.05, 0.1) is 33.0 Å². The quantitative estimate of drug-likeness (QED) is 0.465. The van der Waals surface area contributed by atoms with E-state index in [1.165, 1.54) is 12.3 Å². The van der Waals surface area contributed by atoms with Crippen LogP contribution in [0.3, 0.4) is 0 Å². The Morgan fingerprint density at radius 3 is 2.78 bits per heavy atom. The third-order valence-corrected chi connectivity index (χ3v) is 6.63. The van der Waals surface area contributed by atoms with Gasteiger partial charge in [-0.1, -0.05) is 6.07 Å². The summed E-state index contributed by atoms with van der Waals surface area (Å²) < 4.78 is 31.5. The summed E-state index contributed by atoms with van der Waals surface area (Å²) in [6, 6.07) is 7.09. The smallest absolute Gasteiger partial charge is 0.165 e. The molecule has 0 unspecified atom stereocenters. The van der Waals surface area contributed by atoms with Crippen LogP contribution in [0.4, 0.5) is 4.39 Å². The second-order valence-corrected chi connectivity index (χ2v) is 9.01. The minimum Gasteiger partial charge on any atom is -0.487 e. The van der Waals surface area contributed by atoms with E-state index in [4.69, 9.17) is 19.9 Å². The third-order valence-electron chi connectivity index (χ3n) is 6.63. The Morgan fingerprint density at radius 1 is 1.19 bits per heavy atom. The molecule has 0 saturated carbocycles. The Labute approximate surface area is 210 Å². The number of rotatable bonds is 8. The zero-order chi connectivity index (χ0) is 24.7. The van der Waals surface area contributed by atoms with Gasteiger partial charge in [-0.05, 0) is 23.8 Å². The maximum atomic E-state index is 14.9. The summed E-state index contributed by atoms with van der Waals surface area (Å²) in [6.07, 6.45) is 8.46. The Kier molecular flexibility index (Phi) is 7.90. The molecule has 0 radical (unpaired) electrons. The molecule has 0 bridgehead atoms. The van der Waals surface area contributed by atoms with Crippen LogP contribution in [0.5, 0.6) is 5.75 Å². The number of allylic oxidation sites excluding steroid dienone is 1. The van der Waals surface area contributed by atoms with E-state index in [-0.39, 0.29) is 17.7 Å². The highest BCUT2D eigenvalue weighted by Gasteiger charge is 2.18. The fourth-order valence-corrected chi connectivity index (χ4v) is 4.54. The van der Waals surface area contributed by atoms with E-state index in [9.17, 15) is 4.39 Å². The van der Waals surface area contributed by atoms with Crippen molar-refractivity contribution in [2.45, 2.75) is 18.9 Å². The van der Waals surface area contributed by atoms with E-state index in [1.54, 1.807) is 18.5 Å². The first-order chi connectivity index (χ1) is 17.7. The van der Waals surface area contributed by atoms with Crippen molar-refractivity contribution >= 4 is 22.8 Å². The zero-order valence-corrected chi connectivity index (χ0v) is 20.3. The second kappa shape index (κ2) is 11.6. The lowest BCUT2D eigenvalue weighted by atomic mass is 10.0. The predicted molar refractivity (Wildman–Crippen MR) is 139 cm³/mol. The lowest BCUT2D eigenvalue weighted by molar-refractivity contribution is 0.0240. The van der Waals surface area contributed by atoms with Crippen molar-refractivity contribution in [3.8, 4) is 16.9 Å². The van der Waals surface area contributed by atoms with Crippen molar-refractivity contribution < 1.29 is 18.6 Å². The number of fused-ring (bicyclic) bond motifs is 1. The molecule has 0 atom stereocenters. The van der Waals surface area contributed by atoms with Gasteiger partial charge in [-0.3, -0.25) is 9.89 Å². The molecule has 2 aliphatic heterocycles. The molecular weight excluding hydrogens is 461 g/mol. The predicted octanol–water partition coefficient (Wildman–Crippen LogP) is 3.63. The summed E-state index contributed by atoms with van der Waals surface area (Å²) in [5.74, 6) is -0.113. The molecule has 5 rings (SSSR count). The largest absolute Gasteiger partial charge is 0.487 e. The van der Waals surface area contributed by atoms with Gasteiger partial charge >= 0.3 is 0 Å². The molecule has 9 heteroatoms. The number of aromatic nitrogens is 2. The van der Waals surface area contributed by atoms with Crippen molar-refractivity contribution in [2.24, 2.45) is 10.7 Å². The number of nitrogens with one attached hydrogen (secondary N) is 1. The number of benzene rings is 1. The van der Waals surface area contributed by atoms with E-state index in [0.29, 0.717) is 19.8 Å². The SMILES string of the molecule is NC=C(C=NCCN1CCOCC1)c1cnc2[nH]cc(-c3ccc(OC4CCOCC4)c(F)c3)c2c1. The van der Waals surface area contributed by atoms with Crippen LogP contribution in [0, 0.1) is 5.82 Å². The number of aliphatic imine (C=N–C) groups is 1. The van der Waals surface area contributed by atoms with Gasteiger partial charge in [-0.25, -0.2) is 9.37 Å². The molecule has 0 aliphatic carbocycles. The molecule has 2 fully saturated rings. The van der Waals surface area contributed by atoms with Crippen molar-refractivity contribution in [3.05, 3.63) is 54.2 Å². The van der Waals surface area contributed by atoms with Gasteiger partial charge in [0.15, 0.2) is 11.6 Å². The average Bonchev–Trinajstić information content (AvgIpc) is 3.34. The second-order valence-electron chi connectivity index (χ2n) is 9.01. The van der Waals surface area contributed by atoms with E-state index < -0.39 is 0 Å². The molecule has 3 aromatic rings. The third kappa shape index (κ3) is 5.75. The average molecular weight is 494 g/mol. The number of halogens is 1. The zero-order valence-electron chi connectivity index (χ0n) is 20.3. The summed E-state index contributed by atoms with van der Waals surface area (Å²) >= 11 is 0. The number of hydrogen-bond donors (Lipinski definition) is 2. The van der Waals surface area contributed by atoms with Gasteiger partial charge in [-0.2, -0.15) is 0 Å². The molecular formula is C27H32FN5O3. The highest BCUT2D eigenvalue weighted by atomic mass is 19.1.